The van der Waals surface area contributed by atoms with Crippen LogP contribution in [0, 0.1) is 0 Å². The molecule has 0 saturated carbocycles. The van der Waals surface area contributed by atoms with Gasteiger partial charge in [0, 0.05) is 24.6 Å². The van der Waals surface area contributed by atoms with Crippen LogP contribution in [0.2, 0.25) is 0 Å². The lowest BCUT2D eigenvalue weighted by molar-refractivity contribution is 0.497. The third-order valence-electron chi connectivity index (χ3n) is 3.15. The third kappa shape index (κ3) is 4.45. The van der Waals surface area contributed by atoms with Crippen LogP contribution in [0.3, 0.4) is 0 Å². The van der Waals surface area contributed by atoms with Crippen LogP contribution in [0.25, 0.3) is 0 Å². The molecule has 0 aliphatic carbocycles. The fourth-order valence-corrected chi connectivity index (χ4v) is 2.14. The highest BCUT2D eigenvalue weighted by Gasteiger charge is 2.10. The molecular weight excluding hydrogens is 234 g/mol. The van der Waals surface area contributed by atoms with E-state index in [2.05, 4.69) is 52.5 Å². The van der Waals surface area contributed by atoms with E-state index in [1.807, 2.05) is 6.20 Å². The molecule has 0 saturated heterocycles. The summed E-state index contributed by atoms with van der Waals surface area (Å²) in [6.45, 7) is 3.23. The second kappa shape index (κ2) is 7.64. The van der Waals surface area contributed by atoms with Gasteiger partial charge in [0.05, 0.1) is 5.69 Å². The van der Waals surface area contributed by atoms with Gasteiger partial charge in [-0.1, -0.05) is 37.3 Å². The molecule has 2 rings (SSSR count). The maximum Gasteiger partial charge on any atom is 0.0587 e. The average Bonchev–Trinajstić information content (AvgIpc) is 2.49. The van der Waals surface area contributed by atoms with Gasteiger partial charge in [-0.2, -0.15) is 0 Å². The van der Waals surface area contributed by atoms with Crippen molar-refractivity contribution in [2.75, 3.05) is 6.54 Å². The summed E-state index contributed by atoms with van der Waals surface area (Å²) < 4.78 is 0. The molecule has 1 aromatic carbocycles. The van der Waals surface area contributed by atoms with Gasteiger partial charge in [-0.15, -0.1) is 0 Å². The molecule has 1 N–H and O–H groups in total. The first-order chi connectivity index (χ1) is 9.40. The Labute approximate surface area is 115 Å². The molecule has 1 unspecified atom stereocenters. The Kier molecular flexibility index (Phi) is 5.50. The maximum atomic E-state index is 4.33. The normalized spacial score (nSPS) is 12.3. The van der Waals surface area contributed by atoms with Crippen molar-refractivity contribution in [3.05, 3.63) is 60.2 Å². The zero-order valence-corrected chi connectivity index (χ0v) is 11.4. The van der Waals surface area contributed by atoms with Crippen molar-refractivity contribution in [1.29, 1.82) is 0 Å². The molecule has 0 radical (unpaired) electrons. The molecule has 0 fully saturated rings. The van der Waals surface area contributed by atoms with Gasteiger partial charge in [0.1, 0.15) is 0 Å². The molecule has 0 spiro atoms. The summed E-state index contributed by atoms with van der Waals surface area (Å²) in [6, 6.07) is 11.0. The number of hydrogen-bond acceptors (Lipinski definition) is 3. The van der Waals surface area contributed by atoms with Crippen LogP contribution in [0.15, 0.2) is 48.9 Å². The van der Waals surface area contributed by atoms with Crippen LogP contribution in [-0.2, 0) is 6.42 Å². The van der Waals surface area contributed by atoms with Crippen molar-refractivity contribution < 1.29 is 0 Å². The van der Waals surface area contributed by atoms with Crippen molar-refractivity contribution >= 4 is 0 Å². The number of hydrogen-bond donors (Lipinski definition) is 1. The summed E-state index contributed by atoms with van der Waals surface area (Å²) in [4.78, 5) is 8.45. The lowest BCUT2D eigenvalue weighted by atomic mass is 10.0. The molecule has 0 aliphatic rings. The topological polar surface area (TPSA) is 37.8 Å². The van der Waals surface area contributed by atoms with E-state index >= 15 is 0 Å². The van der Waals surface area contributed by atoms with E-state index in [-0.39, 0.29) is 0 Å². The smallest absolute Gasteiger partial charge is 0.0587 e. The van der Waals surface area contributed by atoms with Gasteiger partial charge in [-0.3, -0.25) is 9.97 Å². The Balaban J connectivity index is 1.98. The maximum absolute atomic E-state index is 4.33. The average molecular weight is 255 g/mol. The number of benzene rings is 1. The summed E-state index contributed by atoms with van der Waals surface area (Å²) in [5, 5.41) is 3.61. The summed E-state index contributed by atoms with van der Waals surface area (Å²) in [5.41, 5.74) is 2.40. The minimum absolute atomic E-state index is 0.392. The Morgan fingerprint density at radius 1 is 1.16 bits per heavy atom. The highest BCUT2D eigenvalue weighted by molar-refractivity contribution is 5.19. The number of nitrogens with one attached hydrogen (secondary N) is 1. The SMILES string of the molecule is CCCNC(CCc1cnccn1)c1ccccc1. The first kappa shape index (κ1) is 13.7. The summed E-state index contributed by atoms with van der Waals surface area (Å²) >= 11 is 0. The first-order valence-electron chi connectivity index (χ1n) is 6.93. The molecule has 1 heterocycles. The lowest BCUT2D eigenvalue weighted by Gasteiger charge is -2.18. The van der Waals surface area contributed by atoms with Crippen molar-refractivity contribution in [3.63, 3.8) is 0 Å². The number of rotatable bonds is 7. The Bertz CT molecular complexity index is 456. The molecule has 2 aromatic rings. The summed E-state index contributed by atoms with van der Waals surface area (Å²) in [5.74, 6) is 0. The van der Waals surface area contributed by atoms with Gasteiger partial charge in [-0.25, -0.2) is 0 Å². The van der Waals surface area contributed by atoms with Crippen LogP contribution in [0.5, 0.6) is 0 Å². The summed E-state index contributed by atoms with van der Waals surface area (Å²) in [6.07, 6.45) is 8.46. The van der Waals surface area contributed by atoms with E-state index < -0.39 is 0 Å². The van der Waals surface area contributed by atoms with Gasteiger partial charge in [0.15, 0.2) is 0 Å². The Morgan fingerprint density at radius 3 is 2.68 bits per heavy atom. The van der Waals surface area contributed by atoms with Crippen molar-refractivity contribution in [2.45, 2.75) is 32.2 Å². The number of aromatic nitrogens is 2. The second-order valence-corrected chi connectivity index (χ2v) is 4.65. The van der Waals surface area contributed by atoms with Crippen LogP contribution >= 0.6 is 0 Å². The molecule has 0 aliphatic heterocycles. The van der Waals surface area contributed by atoms with E-state index in [0.717, 1.165) is 31.5 Å². The van der Waals surface area contributed by atoms with Crippen LogP contribution in [-0.4, -0.2) is 16.5 Å². The van der Waals surface area contributed by atoms with Crippen LogP contribution in [0.4, 0.5) is 0 Å². The standard InChI is InChI=1S/C16H21N3/c1-2-10-19-16(14-6-4-3-5-7-14)9-8-15-13-17-11-12-18-15/h3-7,11-13,16,19H,2,8-10H2,1H3. The van der Waals surface area contributed by atoms with Gasteiger partial charge < -0.3 is 5.32 Å². The molecule has 100 valence electrons. The fourth-order valence-electron chi connectivity index (χ4n) is 2.14. The molecule has 1 aromatic heterocycles. The van der Waals surface area contributed by atoms with E-state index in [4.69, 9.17) is 0 Å². The van der Waals surface area contributed by atoms with E-state index in [9.17, 15) is 0 Å². The minimum atomic E-state index is 0.392. The van der Waals surface area contributed by atoms with E-state index in [0.29, 0.717) is 6.04 Å². The molecule has 3 nitrogen and oxygen atoms in total. The van der Waals surface area contributed by atoms with Gasteiger partial charge >= 0.3 is 0 Å². The number of nitrogens with zero attached hydrogens (tertiary/aromatic N) is 2. The van der Waals surface area contributed by atoms with E-state index in [1.54, 1.807) is 12.4 Å². The molecular formula is C16H21N3. The van der Waals surface area contributed by atoms with Gasteiger partial charge in [0.2, 0.25) is 0 Å². The minimum Gasteiger partial charge on any atom is -0.310 e. The van der Waals surface area contributed by atoms with E-state index in [1.165, 1.54) is 5.56 Å². The summed E-state index contributed by atoms with van der Waals surface area (Å²) in [7, 11) is 0. The molecule has 3 heteroatoms. The van der Waals surface area contributed by atoms with Gasteiger partial charge in [-0.05, 0) is 31.4 Å². The fraction of sp³-hybridized carbons (Fsp3) is 0.375. The quantitative estimate of drug-likeness (QED) is 0.826. The molecule has 0 amide bonds. The highest BCUT2D eigenvalue weighted by atomic mass is 14.9. The van der Waals surface area contributed by atoms with Crippen LogP contribution < -0.4 is 5.32 Å². The van der Waals surface area contributed by atoms with Crippen LogP contribution in [0.1, 0.15) is 37.1 Å². The predicted octanol–water partition coefficient (Wildman–Crippen LogP) is 3.15. The Morgan fingerprint density at radius 2 is 2.00 bits per heavy atom. The van der Waals surface area contributed by atoms with Crippen molar-refractivity contribution in [1.82, 2.24) is 15.3 Å². The molecule has 0 bridgehead atoms. The second-order valence-electron chi connectivity index (χ2n) is 4.65. The number of aryl methyl sites for hydroxylation is 1. The zero-order chi connectivity index (χ0) is 13.3. The van der Waals surface area contributed by atoms with Crippen molar-refractivity contribution in [2.24, 2.45) is 0 Å². The lowest BCUT2D eigenvalue weighted by Crippen LogP contribution is -2.22. The first-order valence-corrected chi connectivity index (χ1v) is 6.93. The molecule has 19 heavy (non-hydrogen) atoms. The third-order valence-corrected chi connectivity index (χ3v) is 3.15. The largest absolute Gasteiger partial charge is 0.310 e. The monoisotopic (exact) mass is 255 g/mol. The van der Waals surface area contributed by atoms with Crippen molar-refractivity contribution in [3.8, 4) is 0 Å². The molecule has 1 atom stereocenters. The van der Waals surface area contributed by atoms with Gasteiger partial charge in [0.25, 0.3) is 0 Å². The predicted molar refractivity (Wildman–Crippen MR) is 77.8 cm³/mol. The zero-order valence-electron chi connectivity index (χ0n) is 11.4. The Hall–Kier alpha value is -1.74. The highest BCUT2D eigenvalue weighted by Crippen LogP contribution is 2.18.